The Morgan fingerprint density at radius 2 is 1.67 bits per heavy atom. The van der Waals surface area contributed by atoms with Gasteiger partial charge in [0, 0.05) is 13.1 Å². The molecule has 21 heavy (non-hydrogen) atoms. The molecule has 0 aromatic carbocycles. The molecule has 0 bridgehead atoms. The number of alkyl halides is 3. The van der Waals surface area contributed by atoms with Crippen molar-refractivity contribution in [3.8, 4) is 0 Å². The highest BCUT2D eigenvalue weighted by atomic mass is 32.1. The molecule has 0 unspecified atom stereocenters. The van der Waals surface area contributed by atoms with E-state index in [4.69, 9.17) is 18.0 Å². The van der Waals surface area contributed by atoms with Gasteiger partial charge in [-0.3, -0.25) is 4.79 Å². The van der Waals surface area contributed by atoms with Gasteiger partial charge in [0.2, 0.25) is 5.91 Å². The Morgan fingerprint density at radius 1 is 1.14 bits per heavy atom. The first-order valence-corrected chi connectivity index (χ1v) is 7.84. The molecule has 3 nitrogen and oxygen atoms in total. The molecule has 1 saturated carbocycles. The second-order valence-electron chi connectivity index (χ2n) is 6.12. The average molecular weight is 322 g/mol. The maximum absolute atomic E-state index is 12.8. The summed E-state index contributed by atoms with van der Waals surface area (Å²) < 4.78 is 38.1. The lowest BCUT2D eigenvalue weighted by Gasteiger charge is -2.41. The Kier molecular flexibility index (Phi) is 4.80. The van der Waals surface area contributed by atoms with Crippen LogP contribution in [-0.2, 0) is 4.79 Å². The van der Waals surface area contributed by atoms with Crippen molar-refractivity contribution in [1.82, 2.24) is 4.90 Å². The summed E-state index contributed by atoms with van der Waals surface area (Å²) in [6.07, 6.45) is -0.134. The Morgan fingerprint density at radius 3 is 2.10 bits per heavy atom. The fourth-order valence-electron chi connectivity index (χ4n) is 3.43. The number of halogens is 3. The van der Waals surface area contributed by atoms with E-state index in [1.807, 2.05) is 0 Å². The van der Waals surface area contributed by atoms with Gasteiger partial charge in [-0.05, 0) is 25.7 Å². The average Bonchev–Trinajstić information content (AvgIpc) is 2.46. The Labute approximate surface area is 128 Å². The van der Waals surface area contributed by atoms with Crippen molar-refractivity contribution in [2.75, 3.05) is 13.1 Å². The highest BCUT2D eigenvalue weighted by molar-refractivity contribution is 7.80. The van der Waals surface area contributed by atoms with E-state index in [9.17, 15) is 18.0 Å². The van der Waals surface area contributed by atoms with Crippen LogP contribution in [0.3, 0.4) is 0 Å². The van der Waals surface area contributed by atoms with Gasteiger partial charge in [0.05, 0.1) is 16.3 Å². The lowest BCUT2D eigenvalue weighted by Crippen LogP contribution is -2.54. The summed E-state index contributed by atoms with van der Waals surface area (Å²) in [4.78, 5) is 14.5. The number of carbonyl (C=O) groups excluding carboxylic acids is 1. The van der Waals surface area contributed by atoms with Gasteiger partial charge < -0.3 is 10.6 Å². The molecule has 0 spiro atoms. The highest BCUT2D eigenvalue weighted by Crippen LogP contribution is 2.40. The number of carbonyl (C=O) groups is 1. The third kappa shape index (κ3) is 3.33. The zero-order chi connectivity index (χ0) is 15.7. The molecule has 0 aromatic heterocycles. The van der Waals surface area contributed by atoms with E-state index < -0.39 is 17.5 Å². The minimum Gasteiger partial charge on any atom is -0.392 e. The van der Waals surface area contributed by atoms with E-state index in [2.05, 4.69) is 0 Å². The number of nitrogens with two attached hydrogens (primary N) is 1. The third-order valence-corrected chi connectivity index (χ3v) is 5.22. The Bertz CT molecular complexity index is 411. The normalized spacial score (nSPS) is 23.9. The van der Waals surface area contributed by atoms with Crippen molar-refractivity contribution in [3.63, 3.8) is 0 Å². The van der Waals surface area contributed by atoms with Crippen LogP contribution in [0.2, 0.25) is 0 Å². The van der Waals surface area contributed by atoms with E-state index in [1.165, 1.54) is 4.90 Å². The Balaban J connectivity index is 2.05. The number of hydrogen-bond donors (Lipinski definition) is 1. The van der Waals surface area contributed by atoms with Gasteiger partial charge in [-0.2, -0.15) is 13.2 Å². The molecule has 0 radical (unpaired) electrons. The van der Waals surface area contributed by atoms with Crippen LogP contribution in [0.5, 0.6) is 0 Å². The zero-order valence-electron chi connectivity index (χ0n) is 11.9. The fraction of sp³-hybridized carbons (Fsp3) is 0.857. The maximum atomic E-state index is 12.8. The molecule has 2 fully saturated rings. The van der Waals surface area contributed by atoms with Gasteiger partial charge in [-0.15, -0.1) is 0 Å². The quantitative estimate of drug-likeness (QED) is 0.795. The first-order valence-electron chi connectivity index (χ1n) is 7.43. The first kappa shape index (κ1) is 16.5. The SMILES string of the molecule is NC(=S)C1(C(=O)N2CCC(C(F)(F)F)CC2)CCCCC1. The monoisotopic (exact) mass is 322 g/mol. The van der Waals surface area contributed by atoms with Crippen LogP contribution in [0.1, 0.15) is 44.9 Å². The van der Waals surface area contributed by atoms with Gasteiger partial charge >= 0.3 is 6.18 Å². The largest absolute Gasteiger partial charge is 0.392 e. The molecule has 0 atom stereocenters. The van der Waals surface area contributed by atoms with Crippen LogP contribution in [0.15, 0.2) is 0 Å². The lowest BCUT2D eigenvalue weighted by molar-refractivity contribution is -0.187. The Hall–Kier alpha value is -0.850. The topological polar surface area (TPSA) is 46.3 Å². The van der Waals surface area contributed by atoms with Crippen molar-refractivity contribution in [2.45, 2.75) is 51.1 Å². The van der Waals surface area contributed by atoms with E-state index in [0.717, 1.165) is 19.3 Å². The number of hydrogen-bond acceptors (Lipinski definition) is 2. The standard InChI is InChI=1S/C14H21F3N2OS/c15-14(16,17)10-4-8-19(9-5-10)12(20)13(11(18)21)6-2-1-3-7-13/h10H,1-9H2,(H2,18,21). The number of amides is 1. The van der Waals surface area contributed by atoms with Gasteiger partial charge in [0.25, 0.3) is 0 Å². The first-order chi connectivity index (χ1) is 9.77. The van der Waals surface area contributed by atoms with E-state index in [0.29, 0.717) is 12.8 Å². The molecule has 1 amide bonds. The molecule has 1 heterocycles. The molecule has 1 aliphatic carbocycles. The number of thiocarbonyl (C=S) groups is 1. The molecule has 120 valence electrons. The smallest absolute Gasteiger partial charge is 0.391 e. The van der Waals surface area contributed by atoms with Crippen LogP contribution >= 0.6 is 12.2 Å². The van der Waals surface area contributed by atoms with Gasteiger partial charge in [0.1, 0.15) is 0 Å². The van der Waals surface area contributed by atoms with E-state index in [-0.39, 0.29) is 36.8 Å². The van der Waals surface area contributed by atoms with Gasteiger partial charge in [-0.1, -0.05) is 31.5 Å². The van der Waals surface area contributed by atoms with Gasteiger partial charge in [-0.25, -0.2) is 0 Å². The van der Waals surface area contributed by atoms with Crippen molar-refractivity contribution >= 4 is 23.1 Å². The molecule has 7 heteroatoms. The highest BCUT2D eigenvalue weighted by Gasteiger charge is 2.47. The number of piperidine rings is 1. The fourth-order valence-corrected chi connectivity index (χ4v) is 3.72. The lowest BCUT2D eigenvalue weighted by atomic mass is 9.72. The molecule has 2 N–H and O–H groups in total. The third-order valence-electron chi connectivity index (χ3n) is 4.83. The molecule has 1 aliphatic heterocycles. The predicted octanol–water partition coefficient (Wildman–Crippen LogP) is 3.02. The summed E-state index contributed by atoms with van der Waals surface area (Å²) >= 11 is 5.11. The van der Waals surface area contributed by atoms with Crippen molar-refractivity contribution in [1.29, 1.82) is 0 Å². The van der Waals surface area contributed by atoms with Crippen molar-refractivity contribution < 1.29 is 18.0 Å². The van der Waals surface area contributed by atoms with Crippen molar-refractivity contribution in [3.05, 3.63) is 0 Å². The number of likely N-dealkylation sites (tertiary alicyclic amines) is 1. The number of rotatable bonds is 2. The van der Waals surface area contributed by atoms with Crippen molar-refractivity contribution in [2.24, 2.45) is 17.1 Å². The molecular weight excluding hydrogens is 301 g/mol. The van der Waals surface area contributed by atoms with E-state index in [1.54, 1.807) is 0 Å². The molecule has 2 rings (SSSR count). The molecule has 1 saturated heterocycles. The van der Waals surface area contributed by atoms with Crippen LogP contribution in [0, 0.1) is 11.3 Å². The van der Waals surface area contributed by atoms with Crippen LogP contribution < -0.4 is 5.73 Å². The maximum Gasteiger partial charge on any atom is 0.391 e. The molecule has 2 aliphatic rings. The minimum atomic E-state index is -4.17. The predicted molar refractivity (Wildman–Crippen MR) is 77.7 cm³/mol. The van der Waals surface area contributed by atoms with Crippen LogP contribution in [-0.4, -0.2) is 35.1 Å². The second kappa shape index (κ2) is 6.10. The molecular formula is C14H21F3N2OS. The summed E-state index contributed by atoms with van der Waals surface area (Å²) in [7, 11) is 0. The summed E-state index contributed by atoms with van der Waals surface area (Å²) in [5.74, 6) is -1.45. The second-order valence-corrected chi connectivity index (χ2v) is 6.55. The summed E-state index contributed by atoms with van der Waals surface area (Å²) in [5, 5.41) is 0. The van der Waals surface area contributed by atoms with Gasteiger partial charge in [0.15, 0.2) is 0 Å². The van der Waals surface area contributed by atoms with E-state index >= 15 is 0 Å². The summed E-state index contributed by atoms with van der Waals surface area (Å²) in [6, 6.07) is 0. The minimum absolute atomic E-state index is 0.0251. The summed E-state index contributed by atoms with van der Waals surface area (Å²) in [5.41, 5.74) is 4.99. The summed E-state index contributed by atoms with van der Waals surface area (Å²) in [6.45, 7) is 0.292. The zero-order valence-corrected chi connectivity index (χ0v) is 12.7. The van der Waals surface area contributed by atoms with Crippen LogP contribution in [0.4, 0.5) is 13.2 Å². The molecule has 0 aromatic rings. The van der Waals surface area contributed by atoms with Crippen LogP contribution in [0.25, 0.3) is 0 Å². The number of nitrogens with zero attached hydrogens (tertiary/aromatic N) is 1.